The molecule has 1 N–H and O–H groups in total. The standard InChI is InChI=1S/C16H13BrN2OS2/c1-10-15(11-4-6-12(17)7-5-11)19-16(22-10)18-14(20)9-13-3-2-8-21-13/h2-8H,9H2,1H3,(H,18,19,20). The van der Waals surface area contributed by atoms with Crippen LogP contribution in [-0.2, 0) is 11.2 Å². The molecule has 3 aromatic rings. The van der Waals surface area contributed by atoms with Crippen LogP contribution in [0, 0.1) is 6.92 Å². The van der Waals surface area contributed by atoms with E-state index in [0.29, 0.717) is 11.6 Å². The summed E-state index contributed by atoms with van der Waals surface area (Å²) < 4.78 is 1.04. The summed E-state index contributed by atoms with van der Waals surface area (Å²) in [5, 5.41) is 5.51. The highest BCUT2D eigenvalue weighted by Gasteiger charge is 2.12. The van der Waals surface area contributed by atoms with Crippen LogP contribution in [0.5, 0.6) is 0 Å². The van der Waals surface area contributed by atoms with Gasteiger partial charge in [-0.1, -0.05) is 34.1 Å². The first kappa shape index (κ1) is 15.4. The summed E-state index contributed by atoms with van der Waals surface area (Å²) in [7, 11) is 0. The molecule has 2 aromatic heterocycles. The smallest absolute Gasteiger partial charge is 0.231 e. The Morgan fingerprint density at radius 3 is 2.73 bits per heavy atom. The first-order chi connectivity index (χ1) is 10.6. The van der Waals surface area contributed by atoms with Gasteiger partial charge in [0.15, 0.2) is 5.13 Å². The van der Waals surface area contributed by atoms with Gasteiger partial charge < -0.3 is 5.32 Å². The highest BCUT2D eigenvalue weighted by molar-refractivity contribution is 9.10. The third-order valence-corrected chi connectivity index (χ3v) is 5.37. The minimum atomic E-state index is -0.0291. The van der Waals surface area contributed by atoms with Crippen LogP contribution >= 0.6 is 38.6 Å². The number of thiazole rings is 1. The van der Waals surface area contributed by atoms with Gasteiger partial charge in [0.05, 0.1) is 12.1 Å². The molecule has 0 radical (unpaired) electrons. The predicted molar refractivity (Wildman–Crippen MR) is 96.6 cm³/mol. The highest BCUT2D eigenvalue weighted by atomic mass is 79.9. The Morgan fingerprint density at radius 1 is 1.27 bits per heavy atom. The molecule has 0 saturated heterocycles. The maximum Gasteiger partial charge on any atom is 0.231 e. The number of rotatable bonds is 4. The maximum atomic E-state index is 12.0. The number of thiophene rings is 1. The van der Waals surface area contributed by atoms with E-state index in [4.69, 9.17) is 0 Å². The fourth-order valence-corrected chi connectivity index (χ4v) is 3.88. The zero-order valence-corrected chi connectivity index (χ0v) is 15.0. The molecule has 0 saturated carbocycles. The second-order valence-corrected chi connectivity index (χ2v) is 7.89. The molecule has 0 aliphatic carbocycles. The van der Waals surface area contributed by atoms with Crippen LogP contribution in [0.1, 0.15) is 9.75 Å². The zero-order chi connectivity index (χ0) is 15.5. The molecule has 0 bridgehead atoms. The maximum absolute atomic E-state index is 12.0. The molecule has 0 unspecified atom stereocenters. The van der Waals surface area contributed by atoms with Gasteiger partial charge in [0.25, 0.3) is 0 Å². The van der Waals surface area contributed by atoms with Gasteiger partial charge in [-0.05, 0) is 30.5 Å². The van der Waals surface area contributed by atoms with Crippen molar-refractivity contribution in [3.8, 4) is 11.3 Å². The third kappa shape index (κ3) is 3.63. The van der Waals surface area contributed by atoms with Gasteiger partial charge in [-0.2, -0.15) is 0 Å². The fourth-order valence-electron chi connectivity index (χ4n) is 2.06. The monoisotopic (exact) mass is 392 g/mol. The van der Waals surface area contributed by atoms with Crippen LogP contribution in [0.3, 0.4) is 0 Å². The van der Waals surface area contributed by atoms with E-state index < -0.39 is 0 Å². The number of amides is 1. The Hall–Kier alpha value is -1.50. The number of carbonyl (C=O) groups excluding carboxylic acids is 1. The van der Waals surface area contributed by atoms with E-state index in [9.17, 15) is 4.79 Å². The SMILES string of the molecule is Cc1sc(NC(=O)Cc2cccs2)nc1-c1ccc(Br)cc1. The zero-order valence-electron chi connectivity index (χ0n) is 11.8. The van der Waals surface area contributed by atoms with E-state index in [1.54, 1.807) is 11.3 Å². The number of anilines is 1. The van der Waals surface area contributed by atoms with Gasteiger partial charge in [0, 0.05) is 19.8 Å². The van der Waals surface area contributed by atoms with Crippen LogP contribution in [0.25, 0.3) is 11.3 Å². The van der Waals surface area contributed by atoms with Crippen molar-refractivity contribution >= 4 is 49.6 Å². The topological polar surface area (TPSA) is 42.0 Å². The summed E-state index contributed by atoms with van der Waals surface area (Å²) in [6.45, 7) is 2.02. The van der Waals surface area contributed by atoms with Crippen LogP contribution in [0.2, 0.25) is 0 Å². The van der Waals surface area contributed by atoms with E-state index in [-0.39, 0.29) is 5.91 Å². The summed E-state index contributed by atoms with van der Waals surface area (Å²) in [5.74, 6) is -0.0291. The fraction of sp³-hybridized carbons (Fsp3) is 0.125. The first-order valence-corrected chi connectivity index (χ1v) is 9.16. The second-order valence-electron chi connectivity index (χ2n) is 4.74. The third-order valence-electron chi connectivity index (χ3n) is 3.08. The molecule has 1 amide bonds. The molecule has 22 heavy (non-hydrogen) atoms. The number of hydrogen-bond acceptors (Lipinski definition) is 4. The van der Waals surface area contributed by atoms with Gasteiger partial charge >= 0.3 is 0 Å². The largest absolute Gasteiger partial charge is 0.302 e. The Bertz CT molecular complexity index is 779. The molecular formula is C16H13BrN2OS2. The van der Waals surface area contributed by atoms with Crippen molar-refractivity contribution in [2.75, 3.05) is 5.32 Å². The summed E-state index contributed by atoms with van der Waals surface area (Å²) >= 11 is 6.52. The van der Waals surface area contributed by atoms with Crippen molar-refractivity contribution in [3.05, 3.63) is 56.0 Å². The van der Waals surface area contributed by atoms with E-state index in [2.05, 4.69) is 26.2 Å². The van der Waals surface area contributed by atoms with Crippen molar-refractivity contribution < 1.29 is 4.79 Å². The van der Waals surface area contributed by atoms with Crippen molar-refractivity contribution in [2.45, 2.75) is 13.3 Å². The molecular weight excluding hydrogens is 380 g/mol. The Labute approximate surface area is 145 Å². The predicted octanol–water partition coefficient (Wildman–Crippen LogP) is 5.12. The van der Waals surface area contributed by atoms with E-state index in [1.807, 2.05) is 48.7 Å². The van der Waals surface area contributed by atoms with Crippen molar-refractivity contribution in [2.24, 2.45) is 0 Å². The van der Waals surface area contributed by atoms with Gasteiger partial charge in [0.1, 0.15) is 0 Å². The van der Waals surface area contributed by atoms with Crippen molar-refractivity contribution in [1.82, 2.24) is 4.98 Å². The van der Waals surface area contributed by atoms with Gasteiger partial charge in [0.2, 0.25) is 5.91 Å². The number of carbonyl (C=O) groups is 1. The van der Waals surface area contributed by atoms with Gasteiger partial charge in [-0.25, -0.2) is 4.98 Å². The molecule has 3 rings (SSSR count). The molecule has 6 heteroatoms. The number of nitrogens with one attached hydrogen (secondary N) is 1. The molecule has 3 nitrogen and oxygen atoms in total. The van der Waals surface area contributed by atoms with Crippen molar-refractivity contribution in [3.63, 3.8) is 0 Å². The Kier molecular flexibility index (Phi) is 4.71. The minimum absolute atomic E-state index is 0.0291. The molecule has 0 spiro atoms. The van der Waals surface area contributed by atoms with Gasteiger partial charge in [-0.3, -0.25) is 4.79 Å². The average molecular weight is 393 g/mol. The Morgan fingerprint density at radius 2 is 2.05 bits per heavy atom. The second kappa shape index (κ2) is 6.73. The molecule has 0 aliphatic rings. The summed E-state index contributed by atoms with van der Waals surface area (Å²) in [5.41, 5.74) is 1.97. The van der Waals surface area contributed by atoms with Crippen molar-refractivity contribution in [1.29, 1.82) is 0 Å². The molecule has 2 heterocycles. The quantitative estimate of drug-likeness (QED) is 0.668. The minimum Gasteiger partial charge on any atom is -0.302 e. The summed E-state index contributed by atoms with van der Waals surface area (Å²) in [6, 6.07) is 11.9. The van der Waals surface area contributed by atoms with Crippen LogP contribution in [0.4, 0.5) is 5.13 Å². The van der Waals surface area contributed by atoms with Crippen LogP contribution in [-0.4, -0.2) is 10.9 Å². The molecule has 0 aliphatic heterocycles. The van der Waals surface area contributed by atoms with E-state index in [1.165, 1.54) is 11.3 Å². The lowest BCUT2D eigenvalue weighted by atomic mass is 10.1. The number of benzene rings is 1. The summed E-state index contributed by atoms with van der Waals surface area (Å²) in [6.07, 6.45) is 0.393. The lowest BCUT2D eigenvalue weighted by Crippen LogP contribution is -2.13. The number of halogens is 1. The first-order valence-electron chi connectivity index (χ1n) is 6.67. The van der Waals surface area contributed by atoms with Gasteiger partial charge in [-0.15, -0.1) is 22.7 Å². The van der Waals surface area contributed by atoms with Crippen LogP contribution < -0.4 is 5.32 Å². The summed E-state index contributed by atoms with van der Waals surface area (Å²) in [4.78, 5) is 18.7. The van der Waals surface area contributed by atoms with E-state index in [0.717, 1.165) is 25.5 Å². The number of aryl methyl sites for hydroxylation is 1. The highest BCUT2D eigenvalue weighted by Crippen LogP contribution is 2.31. The molecule has 0 fully saturated rings. The van der Waals surface area contributed by atoms with E-state index >= 15 is 0 Å². The molecule has 0 atom stereocenters. The molecule has 1 aromatic carbocycles. The van der Waals surface area contributed by atoms with Crippen LogP contribution in [0.15, 0.2) is 46.3 Å². The molecule has 112 valence electrons. The number of hydrogen-bond donors (Lipinski definition) is 1. The normalized spacial score (nSPS) is 10.6. The lowest BCUT2D eigenvalue weighted by molar-refractivity contribution is -0.115. The Balaban J connectivity index is 1.74. The number of nitrogens with zero attached hydrogens (tertiary/aromatic N) is 1. The average Bonchev–Trinajstić information content (AvgIpc) is 3.10. The lowest BCUT2D eigenvalue weighted by Gasteiger charge is -2.00. The number of aromatic nitrogens is 1.